The number of anilines is 1. The van der Waals surface area contributed by atoms with Crippen molar-refractivity contribution < 1.29 is 48.7 Å². The number of esters is 1. The van der Waals surface area contributed by atoms with Crippen LogP contribution >= 0.6 is 0 Å². The van der Waals surface area contributed by atoms with Gasteiger partial charge in [-0.05, 0) is 24.5 Å². The average molecular weight is 555 g/mol. The van der Waals surface area contributed by atoms with Crippen LogP contribution in [0.1, 0.15) is 26.5 Å². The van der Waals surface area contributed by atoms with Crippen LogP contribution in [0.2, 0.25) is 0 Å². The van der Waals surface area contributed by atoms with E-state index in [4.69, 9.17) is 0 Å². The number of carbonyl (C=O) groups is 4. The van der Waals surface area contributed by atoms with Crippen molar-refractivity contribution in [2.24, 2.45) is 5.92 Å². The largest absolute Gasteiger partial charge is 0.467 e. The van der Waals surface area contributed by atoms with E-state index in [1.807, 2.05) is 0 Å². The Bertz CT molecular complexity index is 905. The van der Waals surface area contributed by atoms with Gasteiger partial charge in [0.2, 0.25) is 5.91 Å². The zero-order valence-electron chi connectivity index (χ0n) is 18.7. The van der Waals surface area contributed by atoms with Gasteiger partial charge in [0.25, 0.3) is 0 Å². The van der Waals surface area contributed by atoms with E-state index >= 15 is 0 Å². The van der Waals surface area contributed by atoms with Crippen molar-refractivity contribution in [3.63, 3.8) is 0 Å². The summed E-state index contributed by atoms with van der Waals surface area (Å²) in [4.78, 5) is 54.9. The van der Waals surface area contributed by atoms with E-state index in [9.17, 15) is 23.6 Å². The van der Waals surface area contributed by atoms with Crippen LogP contribution in [0.25, 0.3) is 0 Å². The summed E-state index contributed by atoms with van der Waals surface area (Å²) in [5.74, 6) is -3.61. The van der Waals surface area contributed by atoms with Crippen LogP contribution in [0, 0.1) is 11.7 Å². The molecule has 0 aliphatic rings. The SMILES string of the molecule is CC(C)C.COC(=O)C(Cc1cnc[n-]1)NC(=O)CNC(=O)C(=O)Nc1ccccc1F.[Pd]. The molecule has 2 aromatic rings. The molecule has 2 rings (SSSR count). The number of amides is 3. The molecule has 1 aromatic carbocycles. The Morgan fingerprint density at radius 3 is 2.30 bits per heavy atom. The third kappa shape index (κ3) is 11.9. The van der Waals surface area contributed by atoms with Crippen LogP contribution in [0.15, 0.2) is 36.8 Å². The number of hydrogen-bond acceptors (Lipinski definition) is 6. The molecule has 184 valence electrons. The summed E-state index contributed by atoms with van der Waals surface area (Å²) in [5.41, 5.74) is 0.290. The number of benzene rings is 1. The van der Waals surface area contributed by atoms with Gasteiger partial charge in [0.1, 0.15) is 11.9 Å². The fourth-order valence-corrected chi connectivity index (χ4v) is 2.14. The molecule has 0 saturated heterocycles. The molecule has 33 heavy (non-hydrogen) atoms. The van der Waals surface area contributed by atoms with Gasteiger partial charge in [0.15, 0.2) is 0 Å². The second kappa shape index (κ2) is 15.7. The molecule has 1 atom stereocenters. The molecule has 1 heterocycles. The minimum Gasteiger partial charge on any atom is -0.467 e. The predicted molar refractivity (Wildman–Crippen MR) is 114 cm³/mol. The smallest absolute Gasteiger partial charge is 0.328 e. The van der Waals surface area contributed by atoms with Crippen LogP contribution in [0.3, 0.4) is 0 Å². The molecule has 10 nitrogen and oxygen atoms in total. The molecule has 0 saturated carbocycles. The summed E-state index contributed by atoms with van der Waals surface area (Å²) in [6.45, 7) is 5.92. The number of methoxy groups -OCH3 is 1. The number of nitrogens with zero attached hydrogens (tertiary/aromatic N) is 2. The average Bonchev–Trinajstić information content (AvgIpc) is 3.25. The van der Waals surface area contributed by atoms with Gasteiger partial charge in [-0.15, -0.1) is 0 Å². The van der Waals surface area contributed by atoms with Crippen LogP contribution in [-0.4, -0.2) is 48.4 Å². The molecule has 3 amide bonds. The summed E-state index contributed by atoms with van der Waals surface area (Å²) in [6, 6.07) is 4.26. The number of carbonyl (C=O) groups excluding carboxylic acids is 4. The van der Waals surface area contributed by atoms with Gasteiger partial charge in [-0.25, -0.2) is 9.18 Å². The van der Waals surface area contributed by atoms with Crippen molar-refractivity contribution in [1.29, 1.82) is 0 Å². The van der Waals surface area contributed by atoms with E-state index < -0.39 is 42.1 Å². The van der Waals surface area contributed by atoms with Crippen molar-refractivity contribution in [1.82, 2.24) is 20.6 Å². The Balaban J connectivity index is 0.00000189. The second-order valence-electron chi connectivity index (χ2n) is 7.21. The van der Waals surface area contributed by atoms with E-state index in [-0.39, 0.29) is 32.5 Å². The summed E-state index contributed by atoms with van der Waals surface area (Å²) in [6.07, 6.45) is 2.76. The van der Waals surface area contributed by atoms with Crippen molar-refractivity contribution in [3.8, 4) is 0 Å². The molecular formula is C21H27FN5O5Pd-. The Morgan fingerprint density at radius 2 is 1.76 bits per heavy atom. The number of imidazole rings is 1. The van der Waals surface area contributed by atoms with Gasteiger partial charge in [-0.1, -0.05) is 51.1 Å². The van der Waals surface area contributed by atoms with E-state index in [1.165, 1.54) is 30.7 Å². The zero-order chi connectivity index (χ0) is 24.1. The normalized spacial score (nSPS) is 10.6. The number of ether oxygens (including phenoxy) is 1. The quantitative estimate of drug-likeness (QED) is 0.261. The summed E-state index contributed by atoms with van der Waals surface area (Å²) >= 11 is 0. The number of rotatable bonds is 7. The van der Waals surface area contributed by atoms with Gasteiger partial charge >= 0.3 is 17.8 Å². The first-order valence-electron chi connectivity index (χ1n) is 9.76. The van der Waals surface area contributed by atoms with Gasteiger partial charge in [0.05, 0.1) is 19.3 Å². The first-order chi connectivity index (χ1) is 15.1. The Labute approximate surface area is 205 Å². The van der Waals surface area contributed by atoms with Crippen molar-refractivity contribution in [3.05, 3.63) is 48.3 Å². The van der Waals surface area contributed by atoms with Crippen molar-refractivity contribution in [2.75, 3.05) is 19.0 Å². The van der Waals surface area contributed by atoms with Gasteiger partial charge in [-0.3, -0.25) is 14.4 Å². The minimum absolute atomic E-state index is 0. The first-order valence-corrected chi connectivity index (χ1v) is 9.76. The molecule has 0 fully saturated rings. The van der Waals surface area contributed by atoms with E-state index in [0.29, 0.717) is 5.69 Å². The molecule has 3 N–H and O–H groups in total. The maximum Gasteiger partial charge on any atom is 0.328 e. The first kappa shape index (κ1) is 29.9. The number of para-hydroxylation sites is 1. The van der Waals surface area contributed by atoms with E-state index in [2.05, 4.69) is 51.4 Å². The van der Waals surface area contributed by atoms with Crippen molar-refractivity contribution >= 4 is 29.4 Å². The van der Waals surface area contributed by atoms with Gasteiger partial charge in [0, 0.05) is 20.4 Å². The molecule has 0 aliphatic heterocycles. The summed E-state index contributed by atoms with van der Waals surface area (Å²) in [5, 5.41) is 6.53. The number of aromatic nitrogens is 2. The second-order valence-corrected chi connectivity index (χ2v) is 7.21. The van der Waals surface area contributed by atoms with E-state index in [0.717, 1.165) is 19.1 Å². The van der Waals surface area contributed by atoms with Crippen LogP contribution in [0.5, 0.6) is 0 Å². The molecule has 0 spiro atoms. The number of nitrogens with one attached hydrogen (secondary N) is 3. The minimum atomic E-state index is -1.14. The maximum absolute atomic E-state index is 13.5. The Hall–Kier alpha value is -3.10. The third-order valence-electron chi connectivity index (χ3n) is 3.49. The molecule has 1 unspecified atom stereocenters. The van der Waals surface area contributed by atoms with Gasteiger partial charge in [-0.2, -0.15) is 0 Å². The van der Waals surface area contributed by atoms with Crippen LogP contribution < -0.4 is 20.9 Å². The third-order valence-corrected chi connectivity index (χ3v) is 3.49. The fourth-order valence-electron chi connectivity index (χ4n) is 2.14. The number of halogens is 1. The molecule has 0 radical (unpaired) electrons. The monoisotopic (exact) mass is 554 g/mol. The van der Waals surface area contributed by atoms with Crippen LogP contribution in [0.4, 0.5) is 10.1 Å². The molecule has 1 aromatic heterocycles. The number of hydrogen-bond donors (Lipinski definition) is 3. The van der Waals surface area contributed by atoms with Crippen molar-refractivity contribution in [2.45, 2.75) is 33.2 Å². The van der Waals surface area contributed by atoms with Gasteiger partial charge < -0.3 is 30.7 Å². The van der Waals surface area contributed by atoms with Crippen LogP contribution in [-0.2, 0) is 50.8 Å². The molecule has 0 bridgehead atoms. The fraction of sp³-hybridized carbons (Fsp3) is 0.381. The predicted octanol–water partition coefficient (Wildman–Crippen LogP) is 0.793. The standard InChI is InChI=1S/C17H18FN5O5.C4H10.Pd/c1-28-17(27)13(6-10-7-19-9-21-10)22-14(24)8-20-15(25)16(26)23-12-5-3-2-4-11(12)18;1-4(2)3;/h2-5,7,9,13H,6,8H2,1H3,(H4,19,20,21,22,23,24,25,26);4H,1-3H3;/p-1. The Kier molecular flexibility index (Phi) is 14.2. The maximum atomic E-state index is 13.5. The molecule has 12 heteroatoms. The summed E-state index contributed by atoms with van der Waals surface area (Å²) < 4.78 is 18.1. The zero-order valence-corrected chi connectivity index (χ0v) is 20.2. The Morgan fingerprint density at radius 1 is 1.12 bits per heavy atom. The summed E-state index contributed by atoms with van der Waals surface area (Å²) in [7, 11) is 1.16. The molecular weight excluding hydrogens is 528 g/mol. The molecule has 0 aliphatic carbocycles. The van der Waals surface area contributed by atoms with E-state index in [1.54, 1.807) is 0 Å². The topological polar surface area (TPSA) is 141 Å².